The fourth-order valence-electron chi connectivity index (χ4n) is 3.21. The van der Waals surface area contributed by atoms with E-state index in [0.717, 1.165) is 29.5 Å². The molecule has 0 unspecified atom stereocenters. The zero-order valence-electron chi connectivity index (χ0n) is 12.2. The molecule has 1 fully saturated rings. The fraction of sp³-hybridized carbons (Fsp3) is 0.375. The van der Waals surface area contributed by atoms with Gasteiger partial charge in [-0.1, -0.05) is 6.92 Å². The Hall–Kier alpha value is -2.21. The number of phenols is 1. The van der Waals surface area contributed by atoms with Crippen LogP contribution in [0.1, 0.15) is 36.5 Å². The number of benzene rings is 1. The molecule has 0 bridgehead atoms. The summed E-state index contributed by atoms with van der Waals surface area (Å²) in [5, 5.41) is 18.2. The molecule has 5 nitrogen and oxygen atoms in total. The van der Waals surface area contributed by atoms with Crippen molar-refractivity contribution in [2.75, 3.05) is 5.73 Å². The van der Waals surface area contributed by atoms with E-state index < -0.39 is 5.82 Å². The number of nitrogens with zero attached hydrogens (tertiary/aromatic N) is 2. The highest BCUT2D eigenvalue weighted by Crippen LogP contribution is 2.57. The molecule has 0 radical (unpaired) electrons. The van der Waals surface area contributed by atoms with E-state index in [1.807, 2.05) is 6.92 Å². The van der Waals surface area contributed by atoms with E-state index in [0.29, 0.717) is 24.5 Å². The number of aryl methyl sites for hydroxylation is 1. The van der Waals surface area contributed by atoms with E-state index in [1.54, 1.807) is 6.07 Å². The molecule has 1 aromatic heterocycles. The van der Waals surface area contributed by atoms with Gasteiger partial charge < -0.3 is 15.6 Å². The van der Waals surface area contributed by atoms with Gasteiger partial charge in [0, 0.05) is 11.1 Å². The van der Waals surface area contributed by atoms with Gasteiger partial charge in [0.2, 0.25) is 0 Å². The van der Waals surface area contributed by atoms with Crippen molar-refractivity contribution in [3.05, 3.63) is 34.6 Å². The van der Waals surface area contributed by atoms with Crippen molar-refractivity contribution in [2.45, 2.75) is 38.4 Å². The molecule has 1 saturated carbocycles. The molecule has 2 heterocycles. The van der Waals surface area contributed by atoms with Crippen LogP contribution >= 0.6 is 0 Å². The van der Waals surface area contributed by atoms with Crippen molar-refractivity contribution in [1.29, 1.82) is 0 Å². The van der Waals surface area contributed by atoms with Gasteiger partial charge in [0.05, 0.1) is 17.8 Å². The van der Waals surface area contributed by atoms with Crippen molar-refractivity contribution >= 4 is 5.82 Å². The largest absolute Gasteiger partial charge is 0.507 e. The second kappa shape index (κ2) is 4.39. The van der Waals surface area contributed by atoms with Gasteiger partial charge in [-0.3, -0.25) is 0 Å². The number of aromatic nitrogens is 2. The van der Waals surface area contributed by atoms with E-state index in [-0.39, 0.29) is 16.9 Å². The van der Waals surface area contributed by atoms with Crippen LogP contribution in [0.25, 0.3) is 11.3 Å². The molecule has 1 aliphatic carbocycles. The molecule has 0 saturated heterocycles. The standard InChI is InChI=1S/C16H16FN3O2/c1-2-8-5-10(17)12(11(21)6-8)14-9-7-22-16(3-4-16)13(9)15(18)20-19-14/h5-6,21H,2-4,7H2,1H3,(H2,18,20). The Morgan fingerprint density at radius 2 is 2.14 bits per heavy atom. The molecule has 2 aromatic rings. The second-order valence-electron chi connectivity index (χ2n) is 5.90. The van der Waals surface area contributed by atoms with Gasteiger partial charge in [-0.15, -0.1) is 10.2 Å². The molecule has 1 aliphatic heterocycles. The Morgan fingerprint density at radius 1 is 1.36 bits per heavy atom. The molecule has 6 heteroatoms. The highest BCUT2D eigenvalue weighted by Gasteiger charge is 2.53. The summed E-state index contributed by atoms with van der Waals surface area (Å²) in [6.45, 7) is 2.22. The van der Waals surface area contributed by atoms with Gasteiger partial charge in [-0.2, -0.15) is 0 Å². The number of ether oxygens (including phenoxy) is 1. The van der Waals surface area contributed by atoms with Crippen molar-refractivity contribution in [3.63, 3.8) is 0 Å². The SMILES string of the molecule is CCc1cc(O)c(-c2nnc(N)c3c2COC32CC2)c(F)c1. The Labute approximate surface area is 126 Å². The minimum atomic E-state index is -0.505. The van der Waals surface area contributed by atoms with Gasteiger partial charge in [-0.25, -0.2) is 4.39 Å². The van der Waals surface area contributed by atoms with Gasteiger partial charge in [0.15, 0.2) is 5.82 Å². The van der Waals surface area contributed by atoms with E-state index in [9.17, 15) is 9.50 Å². The fourth-order valence-corrected chi connectivity index (χ4v) is 3.21. The lowest BCUT2D eigenvalue weighted by Crippen LogP contribution is -2.10. The third kappa shape index (κ3) is 1.73. The number of fused-ring (bicyclic) bond motifs is 2. The van der Waals surface area contributed by atoms with Crippen LogP contribution in [-0.2, 0) is 23.4 Å². The number of hydrogen-bond donors (Lipinski definition) is 2. The average molecular weight is 301 g/mol. The third-order valence-corrected chi connectivity index (χ3v) is 4.53. The van der Waals surface area contributed by atoms with Crippen LogP contribution in [0.5, 0.6) is 5.75 Å². The first-order valence-corrected chi connectivity index (χ1v) is 7.37. The lowest BCUT2D eigenvalue weighted by atomic mass is 9.97. The molecular weight excluding hydrogens is 285 g/mol. The number of anilines is 1. The topological polar surface area (TPSA) is 81.3 Å². The minimum absolute atomic E-state index is 0.0715. The summed E-state index contributed by atoms with van der Waals surface area (Å²) in [5.41, 5.74) is 8.27. The number of nitrogen functional groups attached to an aromatic ring is 1. The molecule has 4 rings (SSSR count). The summed E-state index contributed by atoms with van der Waals surface area (Å²) in [7, 11) is 0. The first kappa shape index (κ1) is 13.5. The predicted octanol–water partition coefficient (Wildman–Crippen LogP) is 2.65. The predicted molar refractivity (Wildman–Crippen MR) is 78.6 cm³/mol. The van der Waals surface area contributed by atoms with Crippen LogP contribution in [-0.4, -0.2) is 15.3 Å². The summed E-state index contributed by atoms with van der Waals surface area (Å²) >= 11 is 0. The van der Waals surface area contributed by atoms with Gasteiger partial charge in [0.25, 0.3) is 0 Å². The maximum atomic E-state index is 14.5. The van der Waals surface area contributed by atoms with E-state index >= 15 is 0 Å². The number of phenolic OH excluding ortho intramolecular Hbond substituents is 1. The van der Waals surface area contributed by atoms with Gasteiger partial charge in [-0.05, 0) is 37.0 Å². The maximum absolute atomic E-state index is 14.5. The Bertz CT molecular complexity index is 764. The normalized spacial score (nSPS) is 17.7. The van der Waals surface area contributed by atoms with Crippen LogP contribution in [0.15, 0.2) is 12.1 Å². The molecule has 2 aliphatic rings. The summed E-state index contributed by atoms with van der Waals surface area (Å²) in [5.74, 6) is -0.302. The summed E-state index contributed by atoms with van der Waals surface area (Å²) in [4.78, 5) is 0. The number of aromatic hydroxyl groups is 1. The maximum Gasteiger partial charge on any atom is 0.152 e. The van der Waals surface area contributed by atoms with Crippen molar-refractivity contribution in [1.82, 2.24) is 10.2 Å². The number of rotatable bonds is 2. The van der Waals surface area contributed by atoms with Crippen molar-refractivity contribution < 1.29 is 14.2 Å². The highest BCUT2D eigenvalue weighted by molar-refractivity contribution is 5.74. The molecule has 0 amide bonds. The molecular formula is C16H16FN3O2. The Kier molecular flexibility index (Phi) is 2.69. The van der Waals surface area contributed by atoms with E-state index in [4.69, 9.17) is 10.5 Å². The summed E-state index contributed by atoms with van der Waals surface area (Å²) in [6, 6.07) is 2.98. The Morgan fingerprint density at radius 3 is 2.77 bits per heavy atom. The van der Waals surface area contributed by atoms with E-state index in [2.05, 4.69) is 10.2 Å². The lowest BCUT2D eigenvalue weighted by molar-refractivity contribution is 0.0446. The van der Waals surface area contributed by atoms with Crippen molar-refractivity contribution in [3.8, 4) is 17.0 Å². The van der Waals surface area contributed by atoms with Crippen LogP contribution in [0, 0.1) is 5.82 Å². The monoisotopic (exact) mass is 301 g/mol. The Balaban J connectivity index is 1.94. The lowest BCUT2D eigenvalue weighted by Gasteiger charge is -2.13. The quantitative estimate of drug-likeness (QED) is 0.891. The number of nitrogens with two attached hydrogens (primary N) is 1. The molecule has 114 valence electrons. The molecule has 1 aromatic carbocycles. The molecule has 22 heavy (non-hydrogen) atoms. The summed E-state index contributed by atoms with van der Waals surface area (Å²) < 4.78 is 20.3. The van der Waals surface area contributed by atoms with Crippen LogP contribution < -0.4 is 5.73 Å². The van der Waals surface area contributed by atoms with Crippen LogP contribution in [0.3, 0.4) is 0 Å². The first-order chi connectivity index (χ1) is 10.6. The first-order valence-electron chi connectivity index (χ1n) is 7.37. The van der Waals surface area contributed by atoms with Crippen LogP contribution in [0.2, 0.25) is 0 Å². The highest BCUT2D eigenvalue weighted by atomic mass is 19.1. The minimum Gasteiger partial charge on any atom is -0.507 e. The van der Waals surface area contributed by atoms with Gasteiger partial charge in [0.1, 0.15) is 17.3 Å². The smallest absolute Gasteiger partial charge is 0.152 e. The van der Waals surface area contributed by atoms with Crippen molar-refractivity contribution in [2.24, 2.45) is 0 Å². The third-order valence-electron chi connectivity index (χ3n) is 4.53. The zero-order chi connectivity index (χ0) is 15.5. The average Bonchev–Trinajstić information content (AvgIpc) is 3.15. The molecule has 1 spiro atoms. The van der Waals surface area contributed by atoms with E-state index in [1.165, 1.54) is 6.07 Å². The van der Waals surface area contributed by atoms with Crippen LogP contribution in [0.4, 0.5) is 10.2 Å². The zero-order valence-corrected chi connectivity index (χ0v) is 12.2. The number of halogens is 1. The van der Waals surface area contributed by atoms with Gasteiger partial charge >= 0.3 is 0 Å². The molecule has 3 N–H and O–H groups in total. The summed E-state index contributed by atoms with van der Waals surface area (Å²) in [6.07, 6.45) is 2.42. The molecule has 0 atom stereocenters. The number of hydrogen-bond acceptors (Lipinski definition) is 5. The second-order valence-corrected chi connectivity index (χ2v) is 5.90.